The molecule has 20 heavy (non-hydrogen) atoms. The zero-order valence-corrected chi connectivity index (χ0v) is 11.7. The van der Waals surface area contributed by atoms with E-state index in [9.17, 15) is 0 Å². The van der Waals surface area contributed by atoms with Gasteiger partial charge in [0, 0.05) is 24.2 Å². The third-order valence-electron chi connectivity index (χ3n) is 2.97. The number of hydrogen-bond donors (Lipinski definition) is 0. The second-order valence-electron chi connectivity index (χ2n) is 4.28. The highest BCUT2D eigenvalue weighted by atomic mass is 35.5. The normalized spacial score (nSPS) is 9.60. The highest BCUT2D eigenvalue weighted by Gasteiger charge is 2.04. The van der Waals surface area contributed by atoms with Gasteiger partial charge >= 0.3 is 0 Å². The predicted octanol–water partition coefficient (Wildman–Crippen LogP) is 4.35. The Labute approximate surface area is 124 Å². The van der Waals surface area contributed by atoms with Crippen LogP contribution in [0.3, 0.4) is 0 Å². The lowest BCUT2D eigenvalue weighted by molar-refractivity contribution is 1.14. The molecule has 0 aliphatic carbocycles. The summed E-state index contributed by atoms with van der Waals surface area (Å²) in [6, 6.07) is 20.8. The van der Waals surface area contributed by atoms with Crippen LogP contribution in [0.15, 0.2) is 79.4 Å². The Bertz CT molecular complexity index is 617. The molecule has 3 rings (SSSR count). The van der Waals surface area contributed by atoms with Crippen molar-refractivity contribution in [1.82, 2.24) is 9.55 Å². The maximum atomic E-state index is 4.08. The minimum absolute atomic E-state index is 0. The van der Waals surface area contributed by atoms with Crippen molar-refractivity contribution in [2.45, 2.75) is 0 Å². The van der Waals surface area contributed by atoms with Crippen LogP contribution in [0.1, 0.15) is 11.1 Å². The fourth-order valence-corrected chi connectivity index (χ4v) is 2.05. The van der Waals surface area contributed by atoms with Crippen LogP contribution in [0.4, 0.5) is 0 Å². The fourth-order valence-electron chi connectivity index (χ4n) is 2.05. The highest BCUT2D eigenvalue weighted by molar-refractivity contribution is 5.87. The molecule has 0 fully saturated rings. The number of imidazole rings is 1. The van der Waals surface area contributed by atoms with Gasteiger partial charge in [0.25, 0.3) is 0 Å². The van der Waals surface area contributed by atoms with Crippen molar-refractivity contribution >= 4 is 24.2 Å². The number of benzene rings is 2. The van der Waals surface area contributed by atoms with E-state index in [1.54, 1.807) is 12.5 Å². The molecule has 0 amide bonds. The molecule has 1 aromatic heterocycles. The number of halogens is 1. The Balaban J connectivity index is 0.00000147. The summed E-state index contributed by atoms with van der Waals surface area (Å²) in [5.41, 5.74) is 3.57. The van der Waals surface area contributed by atoms with E-state index >= 15 is 0 Å². The van der Waals surface area contributed by atoms with Crippen molar-refractivity contribution in [3.05, 3.63) is 90.5 Å². The number of nitrogens with zero attached hydrogens (tertiary/aromatic N) is 2. The van der Waals surface area contributed by atoms with E-state index in [1.165, 1.54) is 16.7 Å². The van der Waals surface area contributed by atoms with Gasteiger partial charge in [0.2, 0.25) is 0 Å². The number of aromatic nitrogens is 2. The van der Waals surface area contributed by atoms with Crippen LogP contribution in [-0.2, 0) is 0 Å². The lowest BCUT2D eigenvalue weighted by Crippen LogP contribution is -1.90. The van der Waals surface area contributed by atoms with Crippen molar-refractivity contribution in [3.63, 3.8) is 0 Å². The highest BCUT2D eigenvalue weighted by Crippen LogP contribution is 2.23. The first-order valence-corrected chi connectivity index (χ1v) is 6.23. The zero-order chi connectivity index (χ0) is 12.9. The molecule has 0 aliphatic rings. The zero-order valence-electron chi connectivity index (χ0n) is 10.9. The maximum absolute atomic E-state index is 4.08. The first-order valence-electron chi connectivity index (χ1n) is 6.23. The molecule has 1 heterocycles. The molecule has 0 unspecified atom stereocenters. The van der Waals surface area contributed by atoms with Crippen LogP contribution in [0.5, 0.6) is 0 Å². The Morgan fingerprint density at radius 2 is 1.40 bits per heavy atom. The van der Waals surface area contributed by atoms with Gasteiger partial charge in [-0.05, 0) is 11.1 Å². The van der Waals surface area contributed by atoms with E-state index in [-0.39, 0.29) is 12.4 Å². The molecule has 3 aromatic rings. The van der Waals surface area contributed by atoms with Crippen LogP contribution in [0.2, 0.25) is 0 Å². The second kappa shape index (κ2) is 6.73. The molecule has 3 heteroatoms. The second-order valence-corrected chi connectivity index (χ2v) is 4.28. The molecule has 0 saturated carbocycles. The Hall–Kier alpha value is -2.32. The van der Waals surface area contributed by atoms with Gasteiger partial charge < -0.3 is 4.57 Å². The van der Waals surface area contributed by atoms with Crippen LogP contribution in [0.25, 0.3) is 11.8 Å². The number of rotatable bonds is 3. The van der Waals surface area contributed by atoms with Crippen molar-refractivity contribution < 1.29 is 0 Å². The van der Waals surface area contributed by atoms with Crippen LogP contribution in [-0.4, -0.2) is 9.55 Å². The third-order valence-corrected chi connectivity index (χ3v) is 2.97. The smallest absolute Gasteiger partial charge is 0.0986 e. The van der Waals surface area contributed by atoms with Crippen molar-refractivity contribution in [3.8, 4) is 0 Å². The number of hydrogen-bond acceptors (Lipinski definition) is 1. The Kier molecular flexibility index (Phi) is 4.75. The van der Waals surface area contributed by atoms with Crippen LogP contribution >= 0.6 is 12.4 Å². The molecule has 0 spiro atoms. The van der Waals surface area contributed by atoms with E-state index in [4.69, 9.17) is 0 Å². The molecule has 0 saturated heterocycles. The van der Waals surface area contributed by atoms with Crippen LogP contribution in [0, 0.1) is 0 Å². The quantitative estimate of drug-likeness (QED) is 0.698. The summed E-state index contributed by atoms with van der Waals surface area (Å²) in [4.78, 5) is 4.08. The molecule has 2 nitrogen and oxygen atoms in total. The van der Waals surface area contributed by atoms with E-state index < -0.39 is 0 Å². The van der Waals surface area contributed by atoms with Gasteiger partial charge in [-0.3, -0.25) is 0 Å². The average Bonchev–Trinajstić information content (AvgIpc) is 3.00. The van der Waals surface area contributed by atoms with Crippen LogP contribution < -0.4 is 0 Å². The van der Waals surface area contributed by atoms with Crippen molar-refractivity contribution in [2.24, 2.45) is 0 Å². The first-order chi connectivity index (χ1) is 9.43. The summed E-state index contributed by atoms with van der Waals surface area (Å²) in [7, 11) is 0. The van der Waals surface area contributed by atoms with Crippen molar-refractivity contribution in [2.75, 3.05) is 0 Å². The average molecular weight is 283 g/mol. The minimum atomic E-state index is 0. The largest absolute Gasteiger partial charge is 0.312 e. The molecule has 0 bridgehead atoms. The monoisotopic (exact) mass is 282 g/mol. The fraction of sp³-hybridized carbons (Fsp3) is 0. The summed E-state index contributed by atoms with van der Waals surface area (Å²) < 4.78 is 1.97. The van der Waals surface area contributed by atoms with E-state index in [0.717, 1.165) is 0 Å². The molecular formula is C17H15ClN2. The van der Waals surface area contributed by atoms with Gasteiger partial charge in [0.1, 0.15) is 0 Å². The summed E-state index contributed by atoms with van der Waals surface area (Å²) in [6.07, 6.45) is 7.61. The third kappa shape index (κ3) is 3.16. The molecule has 2 aromatic carbocycles. The Morgan fingerprint density at radius 1 is 0.850 bits per heavy atom. The van der Waals surface area contributed by atoms with E-state index in [0.29, 0.717) is 0 Å². The summed E-state index contributed by atoms with van der Waals surface area (Å²) in [6.45, 7) is 0. The standard InChI is InChI=1S/C17H14N2.ClH/c1-3-7-15(8-4-1)17(13-19-12-11-18-14-19)16-9-5-2-6-10-16;/h1-14H;1H. The lowest BCUT2D eigenvalue weighted by Gasteiger charge is -2.08. The lowest BCUT2D eigenvalue weighted by atomic mass is 9.99. The van der Waals surface area contributed by atoms with Gasteiger partial charge in [0.05, 0.1) is 6.33 Å². The van der Waals surface area contributed by atoms with E-state index in [2.05, 4.69) is 59.7 Å². The first kappa shape index (κ1) is 14.1. The van der Waals surface area contributed by atoms with Crippen molar-refractivity contribution in [1.29, 1.82) is 0 Å². The molecular weight excluding hydrogens is 268 g/mol. The SMILES string of the molecule is C(=C(c1ccccc1)c1ccccc1)n1ccnc1.Cl. The molecule has 100 valence electrons. The van der Waals surface area contributed by atoms with Gasteiger partial charge in [-0.25, -0.2) is 4.98 Å². The minimum Gasteiger partial charge on any atom is -0.312 e. The molecule has 0 N–H and O–H groups in total. The van der Waals surface area contributed by atoms with Gasteiger partial charge in [-0.15, -0.1) is 12.4 Å². The molecule has 0 radical (unpaired) electrons. The van der Waals surface area contributed by atoms with Gasteiger partial charge in [-0.2, -0.15) is 0 Å². The maximum Gasteiger partial charge on any atom is 0.0986 e. The van der Waals surface area contributed by atoms with Gasteiger partial charge in [0.15, 0.2) is 0 Å². The van der Waals surface area contributed by atoms with E-state index in [1.807, 2.05) is 22.9 Å². The summed E-state index contributed by atoms with van der Waals surface area (Å²) in [5, 5.41) is 0. The summed E-state index contributed by atoms with van der Waals surface area (Å²) in [5.74, 6) is 0. The topological polar surface area (TPSA) is 17.8 Å². The van der Waals surface area contributed by atoms with Gasteiger partial charge in [-0.1, -0.05) is 60.7 Å². The molecule has 0 atom stereocenters. The summed E-state index contributed by atoms with van der Waals surface area (Å²) >= 11 is 0. The molecule has 0 aliphatic heterocycles. The Morgan fingerprint density at radius 3 is 1.85 bits per heavy atom. The predicted molar refractivity (Wildman–Crippen MR) is 85.6 cm³/mol.